The topological polar surface area (TPSA) is 30.4 Å². The van der Waals surface area contributed by atoms with Gasteiger partial charge in [0.25, 0.3) is 0 Å². The maximum absolute atomic E-state index is 6.13. The first-order valence-electron chi connectivity index (χ1n) is 9.73. The molecule has 29 heavy (non-hydrogen) atoms. The van der Waals surface area contributed by atoms with Crippen molar-refractivity contribution in [1.82, 2.24) is 9.38 Å². The van der Waals surface area contributed by atoms with Gasteiger partial charge in [0, 0.05) is 21.7 Å². The molecule has 0 unspecified atom stereocenters. The first-order valence-corrected chi connectivity index (χ1v) is 9.73. The van der Waals surface area contributed by atoms with Gasteiger partial charge in [0.15, 0.2) is 5.58 Å². The minimum Gasteiger partial charge on any atom is -0.455 e. The molecule has 0 atom stereocenters. The van der Waals surface area contributed by atoms with Crippen LogP contribution in [-0.2, 0) is 0 Å². The fourth-order valence-corrected chi connectivity index (χ4v) is 4.46. The van der Waals surface area contributed by atoms with Crippen LogP contribution in [0.25, 0.3) is 61.5 Å². The van der Waals surface area contributed by atoms with E-state index in [1.165, 1.54) is 5.39 Å². The average Bonchev–Trinajstić information content (AvgIpc) is 3.30. The highest BCUT2D eigenvalue weighted by Crippen LogP contribution is 2.37. The van der Waals surface area contributed by atoms with Gasteiger partial charge >= 0.3 is 0 Å². The summed E-state index contributed by atoms with van der Waals surface area (Å²) in [5.74, 6) is 0. The van der Waals surface area contributed by atoms with Crippen LogP contribution in [0, 0.1) is 0 Å². The van der Waals surface area contributed by atoms with E-state index in [2.05, 4.69) is 65.7 Å². The van der Waals surface area contributed by atoms with Crippen molar-refractivity contribution >= 4 is 61.5 Å². The van der Waals surface area contributed by atoms with Crippen LogP contribution in [0.15, 0.2) is 77.9 Å². The Morgan fingerprint density at radius 1 is 0.897 bits per heavy atom. The number of aromatic nitrogens is 2. The van der Waals surface area contributed by atoms with Gasteiger partial charge in [-0.2, -0.15) is 0 Å². The third-order valence-corrected chi connectivity index (χ3v) is 5.68. The predicted molar refractivity (Wildman–Crippen MR) is 122 cm³/mol. The molecule has 0 spiro atoms. The quantitative estimate of drug-likeness (QED) is 0.320. The van der Waals surface area contributed by atoms with Gasteiger partial charge in [-0.3, -0.25) is 4.40 Å². The molecule has 0 saturated carbocycles. The number of imidazole rings is 1. The summed E-state index contributed by atoms with van der Waals surface area (Å²) in [5.41, 5.74) is 6.96. The molecule has 6 aromatic rings. The fourth-order valence-electron chi connectivity index (χ4n) is 4.46. The molecule has 0 fully saturated rings. The predicted octanol–water partition coefficient (Wildman–Crippen LogP) is 7.22. The lowest BCUT2D eigenvalue weighted by Crippen LogP contribution is -1.90. The van der Waals surface area contributed by atoms with E-state index in [0.29, 0.717) is 0 Å². The number of pyridine rings is 1. The van der Waals surface area contributed by atoms with Crippen molar-refractivity contribution in [3.05, 3.63) is 84.6 Å². The highest BCUT2D eigenvalue weighted by Gasteiger charge is 2.17. The van der Waals surface area contributed by atoms with Gasteiger partial charge in [-0.25, -0.2) is 4.98 Å². The van der Waals surface area contributed by atoms with Crippen molar-refractivity contribution in [2.45, 2.75) is 6.92 Å². The van der Waals surface area contributed by atoms with E-state index in [0.717, 1.165) is 55.1 Å². The molecule has 0 aliphatic carbocycles. The number of furan rings is 1. The second kappa shape index (κ2) is 5.82. The Balaban J connectivity index is 1.89. The zero-order valence-electron chi connectivity index (χ0n) is 16.0. The lowest BCUT2D eigenvalue weighted by molar-refractivity contribution is 0.666. The largest absolute Gasteiger partial charge is 0.455 e. The molecule has 0 aliphatic heterocycles. The van der Waals surface area contributed by atoms with Gasteiger partial charge in [-0.15, -0.1) is 0 Å². The second-order valence-electron chi connectivity index (χ2n) is 7.26. The lowest BCUT2D eigenvalue weighted by atomic mass is 9.96. The summed E-state index contributed by atoms with van der Waals surface area (Å²) in [6, 6.07) is 18.7. The Kier molecular flexibility index (Phi) is 3.24. The highest BCUT2D eigenvalue weighted by atomic mass is 16.3. The van der Waals surface area contributed by atoms with Crippen molar-refractivity contribution < 1.29 is 4.42 Å². The van der Waals surface area contributed by atoms with Crippen molar-refractivity contribution in [3.63, 3.8) is 0 Å². The molecule has 3 heteroatoms. The highest BCUT2D eigenvalue weighted by molar-refractivity contribution is 6.14. The van der Waals surface area contributed by atoms with Crippen LogP contribution in [0.3, 0.4) is 0 Å². The SMILES string of the molecule is C=Cc1c(/C=C\C)c2nc3cc4c(cn3c2c2ccccc12)oc1ccccc14. The third kappa shape index (κ3) is 2.10. The maximum atomic E-state index is 6.13. The van der Waals surface area contributed by atoms with E-state index < -0.39 is 0 Å². The fraction of sp³-hybridized carbons (Fsp3) is 0.0385. The molecule has 0 aliphatic rings. The normalized spacial score (nSPS) is 12.3. The Hall–Kier alpha value is -3.85. The average molecular weight is 374 g/mol. The molecular weight excluding hydrogens is 356 g/mol. The number of rotatable bonds is 2. The minimum atomic E-state index is 0.863. The molecule has 138 valence electrons. The number of hydrogen-bond acceptors (Lipinski definition) is 2. The molecule has 0 amide bonds. The van der Waals surface area contributed by atoms with Crippen LogP contribution >= 0.6 is 0 Å². The molecule has 0 bridgehead atoms. The van der Waals surface area contributed by atoms with Crippen LogP contribution < -0.4 is 0 Å². The van der Waals surface area contributed by atoms with Crippen molar-refractivity contribution in [2.75, 3.05) is 0 Å². The zero-order chi connectivity index (χ0) is 19.5. The maximum Gasteiger partial charge on any atom is 0.152 e. The van der Waals surface area contributed by atoms with Gasteiger partial charge in [-0.1, -0.05) is 67.3 Å². The minimum absolute atomic E-state index is 0.863. The van der Waals surface area contributed by atoms with Crippen LogP contribution in [-0.4, -0.2) is 9.38 Å². The zero-order valence-corrected chi connectivity index (χ0v) is 16.0. The summed E-state index contributed by atoms with van der Waals surface area (Å²) in [6.45, 7) is 6.10. The first-order chi connectivity index (χ1) is 14.3. The first kappa shape index (κ1) is 16.1. The molecule has 3 aromatic carbocycles. The number of allylic oxidation sites excluding steroid dienone is 1. The molecular formula is C26H18N2O. The number of hydrogen-bond donors (Lipinski definition) is 0. The number of para-hydroxylation sites is 1. The van der Waals surface area contributed by atoms with E-state index in [9.17, 15) is 0 Å². The van der Waals surface area contributed by atoms with Crippen LogP contribution in [0.1, 0.15) is 18.1 Å². The summed E-state index contributed by atoms with van der Waals surface area (Å²) in [4.78, 5) is 5.05. The molecule has 0 saturated heterocycles. The Bertz CT molecular complexity index is 1630. The summed E-state index contributed by atoms with van der Waals surface area (Å²) >= 11 is 0. The lowest BCUT2D eigenvalue weighted by Gasteiger charge is -2.09. The molecule has 3 heterocycles. The number of benzene rings is 3. The molecule has 0 N–H and O–H groups in total. The molecule has 3 aromatic heterocycles. The van der Waals surface area contributed by atoms with E-state index in [-0.39, 0.29) is 0 Å². The van der Waals surface area contributed by atoms with E-state index in [1.54, 1.807) is 0 Å². The Morgan fingerprint density at radius 2 is 1.66 bits per heavy atom. The summed E-state index contributed by atoms with van der Waals surface area (Å²) in [7, 11) is 0. The van der Waals surface area contributed by atoms with Crippen molar-refractivity contribution in [2.24, 2.45) is 0 Å². The monoisotopic (exact) mass is 374 g/mol. The smallest absolute Gasteiger partial charge is 0.152 e. The van der Waals surface area contributed by atoms with E-state index in [1.807, 2.05) is 31.2 Å². The molecule has 6 rings (SSSR count). The van der Waals surface area contributed by atoms with Gasteiger partial charge in [-0.05, 0) is 30.0 Å². The van der Waals surface area contributed by atoms with Gasteiger partial charge in [0.05, 0.1) is 17.2 Å². The van der Waals surface area contributed by atoms with Gasteiger partial charge in [0.1, 0.15) is 11.2 Å². The second-order valence-corrected chi connectivity index (χ2v) is 7.26. The van der Waals surface area contributed by atoms with Crippen LogP contribution in [0.4, 0.5) is 0 Å². The van der Waals surface area contributed by atoms with Crippen LogP contribution in [0.5, 0.6) is 0 Å². The van der Waals surface area contributed by atoms with Crippen molar-refractivity contribution in [1.29, 1.82) is 0 Å². The van der Waals surface area contributed by atoms with Crippen LogP contribution in [0.2, 0.25) is 0 Å². The Labute approximate surface area is 167 Å². The van der Waals surface area contributed by atoms with Gasteiger partial charge in [0.2, 0.25) is 0 Å². The molecule has 0 radical (unpaired) electrons. The summed E-state index contributed by atoms with van der Waals surface area (Å²) in [5, 5.41) is 4.54. The summed E-state index contributed by atoms with van der Waals surface area (Å²) < 4.78 is 8.29. The van der Waals surface area contributed by atoms with Gasteiger partial charge < -0.3 is 4.42 Å². The van der Waals surface area contributed by atoms with E-state index >= 15 is 0 Å². The summed E-state index contributed by atoms with van der Waals surface area (Å²) in [6.07, 6.45) is 8.18. The molecule has 3 nitrogen and oxygen atoms in total. The third-order valence-electron chi connectivity index (χ3n) is 5.68. The van der Waals surface area contributed by atoms with E-state index in [4.69, 9.17) is 9.40 Å². The van der Waals surface area contributed by atoms with Crippen molar-refractivity contribution in [3.8, 4) is 0 Å². The number of nitrogens with zero attached hydrogens (tertiary/aromatic N) is 2. The Morgan fingerprint density at radius 3 is 2.45 bits per heavy atom. The standard InChI is InChI=1S/C26H18N2O/c1-3-9-19-16(4-2)17-10-5-6-12-20(17)26-25(19)27-24-14-21-18-11-7-8-13-22(18)29-23(21)15-28(24)26/h3-15H,2H2,1H3/b9-3-. The number of fused-ring (bicyclic) bond motifs is 8.